The molecule has 3 amide bonds. The van der Waals surface area contributed by atoms with E-state index in [0.717, 1.165) is 23.2 Å². The number of hydrogen-bond acceptors (Lipinski definition) is 5. The number of nitrogens with zero attached hydrogens (tertiary/aromatic N) is 3. The van der Waals surface area contributed by atoms with Crippen LogP contribution in [0.5, 0.6) is 0 Å². The molecule has 2 saturated heterocycles. The number of rotatable bonds is 6. The van der Waals surface area contributed by atoms with Gasteiger partial charge in [0.2, 0.25) is 11.8 Å². The molecule has 5 rings (SSSR count). The second-order valence-electron chi connectivity index (χ2n) is 12.1. The molecule has 0 aliphatic carbocycles. The first-order chi connectivity index (χ1) is 18.5. The molecular formula is C31H41N3O4S. The molecule has 8 heteroatoms. The standard InChI is InChI=1S/C31H41N3O4S/c1-7-14-32-15-8-12-30(6)24(27(32)36)25-28(37)34(23(18-35)19(2)3)26-29(38)33(16-9-13-31(25,26)39-30)22-17-20(4)10-11-21(22)5/h8-13,17,19,23-26,35H,7,14-16,18H2,1-6H3/t23-,24+,25-,26?,30-,31-/m0/s1. The number of fused-ring (bicyclic) bond motifs is 2. The Morgan fingerprint density at radius 1 is 1.03 bits per heavy atom. The fourth-order valence-electron chi connectivity index (χ4n) is 7.19. The van der Waals surface area contributed by atoms with E-state index in [1.165, 1.54) is 0 Å². The van der Waals surface area contributed by atoms with Gasteiger partial charge in [0.25, 0.3) is 5.91 Å². The molecule has 4 aliphatic rings. The number of benzene rings is 1. The Hall–Kier alpha value is -2.58. The highest BCUT2D eigenvalue weighted by molar-refractivity contribution is 8.02. The number of anilines is 1. The van der Waals surface area contributed by atoms with Gasteiger partial charge in [0.1, 0.15) is 6.04 Å². The molecule has 0 aromatic heterocycles. The van der Waals surface area contributed by atoms with Crippen LogP contribution < -0.4 is 4.90 Å². The fraction of sp³-hybridized carbons (Fsp3) is 0.581. The molecule has 0 bridgehead atoms. The summed E-state index contributed by atoms with van der Waals surface area (Å²) in [4.78, 5) is 48.8. The van der Waals surface area contributed by atoms with E-state index >= 15 is 0 Å². The summed E-state index contributed by atoms with van der Waals surface area (Å²) in [7, 11) is 0. The minimum Gasteiger partial charge on any atom is -0.394 e. The van der Waals surface area contributed by atoms with E-state index in [1.54, 1.807) is 21.6 Å². The number of carbonyl (C=O) groups is 3. The van der Waals surface area contributed by atoms with Crippen molar-refractivity contribution in [2.24, 2.45) is 17.8 Å². The average molecular weight is 552 g/mol. The molecule has 210 valence electrons. The van der Waals surface area contributed by atoms with Crippen molar-refractivity contribution in [2.75, 3.05) is 31.1 Å². The van der Waals surface area contributed by atoms with Gasteiger partial charge >= 0.3 is 0 Å². The van der Waals surface area contributed by atoms with Crippen LogP contribution in [0.4, 0.5) is 5.69 Å². The first-order valence-corrected chi connectivity index (χ1v) is 15.0. The van der Waals surface area contributed by atoms with Crippen molar-refractivity contribution in [1.82, 2.24) is 9.80 Å². The molecule has 1 aromatic rings. The smallest absolute Gasteiger partial charge is 0.251 e. The number of aliphatic hydroxyl groups excluding tert-OH is 1. The molecule has 1 aromatic carbocycles. The van der Waals surface area contributed by atoms with Crippen LogP contribution in [0.1, 0.15) is 45.2 Å². The molecule has 1 N–H and O–H groups in total. The summed E-state index contributed by atoms with van der Waals surface area (Å²) in [6.07, 6.45) is 9.03. The molecule has 39 heavy (non-hydrogen) atoms. The van der Waals surface area contributed by atoms with Crippen molar-refractivity contribution >= 4 is 35.2 Å². The third-order valence-corrected chi connectivity index (χ3v) is 10.8. The van der Waals surface area contributed by atoms with Crippen LogP contribution >= 0.6 is 11.8 Å². The van der Waals surface area contributed by atoms with Gasteiger partial charge in [-0.25, -0.2) is 0 Å². The normalized spacial score (nSPS) is 32.9. The van der Waals surface area contributed by atoms with Crippen LogP contribution in [0, 0.1) is 31.6 Å². The molecule has 2 fully saturated rings. The minimum atomic E-state index is -0.919. The maximum atomic E-state index is 14.7. The van der Waals surface area contributed by atoms with E-state index in [-0.39, 0.29) is 30.2 Å². The third-order valence-electron chi connectivity index (χ3n) is 9.04. The quantitative estimate of drug-likeness (QED) is 0.545. The largest absolute Gasteiger partial charge is 0.394 e. The van der Waals surface area contributed by atoms with E-state index in [2.05, 4.69) is 6.08 Å². The number of likely N-dealkylation sites (tertiary alicyclic amines) is 1. The monoisotopic (exact) mass is 551 g/mol. The second-order valence-corrected chi connectivity index (χ2v) is 13.9. The lowest BCUT2D eigenvalue weighted by Gasteiger charge is -2.41. The Bertz CT molecular complexity index is 1240. The van der Waals surface area contributed by atoms with Gasteiger partial charge in [-0.05, 0) is 50.3 Å². The van der Waals surface area contributed by atoms with E-state index < -0.39 is 33.4 Å². The minimum absolute atomic E-state index is 0.0192. The lowest BCUT2D eigenvalue weighted by Crippen LogP contribution is -2.58. The van der Waals surface area contributed by atoms with Crippen LogP contribution in [0.15, 0.2) is 42.5 Å². The van der Waals surface area contributed by atoms with Crippen LogP contribution in [0.3, 0.4) is 0 Å². The van der Waals surface area contributed by atoms with Crippen molar-refractivity contribution in [3.8, 4) is 0 Å². The van der Waals surface area contributed by atoms with E-state index in [0.29, 0.717) is 19.6 Å². The Kier molecular flexibility index (Phi) is 7.25. The fourth-order valence-corrected chi connectivity index (χ4v) is 9.33. The van der Waals surface area contributed by atoms with Gasteiger partial charge < -0.3 is 19.8 Å². The lowest BCUT2D eigenvalue weighted by atomic mass is 9.74. The summed E-state index contributed by atoms with van der Waals surface area (Å²) in [5.41, 5.74) is 2.87. The molecule has 7 nitrogen and oxygen atoms in total. The average Bonchev–Trinajstić information content (AvgIpc) is 3.15. The predicted octanol–water partition coefficient (Wildman–Crippen LogP) is 3.72. The van der Waals surface area contributed by atoms with Gasteiger partial charge in [-0.2, -0.15) is 0 Å². The highest BCUT2D eigenvalue weighted by Crippen LogP contribution is 2.66. The third kappa shape index (κ3) is 4.17. The molecule has 0 saturated carbocycles. The van der Waals surface area contributed by atoms with Gasteiger partial charge in [0.05, 0.1) is 29.2 Å². The van der Waals surface area contributed by atoms with Crippen LogP contribution in [-0.2, 0) is 14.4 Å². The zero-order valence-corrected chi connectivity index (χ0v) is 24.7. The van der Waals surface area contributed by atoms with Crippen LogP contribution in [-0.4, -0.2) is 80.4 Å². The zero-order chi connectivity index (χ0) is 28.3. The molecular weight excluding hydrogens is 510 g/mol. The number of carbonyl (C=O) groups excluding carboxylic acids is 3. The van der Waals surface area contributed by atoms with Gasteiger partial charge in [-0.3, -0.25) is 14.4 Å². The topological polar surface area (TPSA) is 81.2 Å². The summed E-state index contributed by atoms with van der Waals surface area (Å²) in [6, 6.07) is 4.70. The summed E-state index contributed by atoms with van der Waals surface area (Å²) < 4.78 is -1.55. The van der Waals surface area contributed by atoms with Gasteiger partial charge in [-0.15, -0.1) is 11.8 Å². The predicted molar refractivity (Wildman–Crippen MR) is 155 cm³/mol. The Balaban J connectivity index is 1.70. The highest BCUT2D eigenvalue weighted by Gasteiger charge is 2.74. The molecule has 1 spiro atoms. The Labute approximate surface area is 236 Å². The SMILES string of the molecule is CCCN1CC=C[C@]2(C)S[C@]34C=CCN(c5cc(C)ccc5C)C(=O)C3N([C@@H](CO)C(C)C)C(=O)[C@@H]4[C@@H]2C1=O. The van der Waals surface area contributed by atoms with E-state index in [4.69, 9.17) is 0 Å². The van der Waals surface area contributed by atoms with Crippen molar-refractivity contribution < 1.29 is 19.5 Å². The second kappa shape index (κ2) is 10.1. The van der Waals surface area contributed by atoms with Crippen LogP contribution in [0.2, 0.25) is 0 Å². The van der Waals surface area contributed by atoms with Gasteiger partial charge in [0.15, 0.2) is 0 Å². The number of hydrogen-bond donors (Lipinski definition) is 1. The Morgan fingerprint density at radius 3 is 2.41 bits per heavy atom. The maximum absolute atomic E-state index is 14.7. The first-order valence-electron chi connectivity index (χ1n) is 14.2. The van der Waals surface area contributed by atoms with Gasteiger partial charge in [-0.1, -0.05) is 57.2 Å². The number of aliphatic hydroxyl groups is 1. The summed E-state index contributed by atoms with van der Waals surface area (Å²) in [6.45, 7) is 13.3. The summed E-state index contributed by atoms with van der Waals surface area (Å²) in [5, 5.41) is 10.5. The molecule has 4 heterocycles. The number of amides is 3. The van der Waals surface area contributed by atoms with E-state index in [9.17, 15) is 19.5 Å². The molecule has 1 unspecified atom stereocenters. The molecule has 0 radical (unpaired) electrons. The lowest BCUT2D eigenvalue weighted by molar-refractivity contribution is -0.146. The maximum Gasteiger partial charge on any atom is 0.251 e. The zero-order valence-electron chi connectivity index (χ0n) is 23.9. The molecule has 4 aliphatic heterocycles. The summed E-state index contributed by atoms with van der Waals surface area (Å²) >= 11 is 1.59. The highest BCUT2D eigenvalue weighted by atomic mass is 32.2. The van der Waals surface area contributed by atoms with Crippen molar-refractivity contribution in [1.29, 1.82) is 0 Å². The summed E-state index contributed by atoms with van der Waals surface area (Å²) in [5.74, 6) is -1.73. The molecule has 6 atom stereocenters. The van der Waals surface area contributed by atoms with Crippen molar-refractivity contribution in [3.63, 3.8) is 0 Å². The van der Waals surface area contributed by atoms with Crippen molar-refractivity contribution in [3.05, 3.63) is 53.6 Å². The number of aryl methyl sites for hydroxylation is 2. The van der Waals surface area contributed by atoms with E-state index in [1.807, 2.05) is 82.9 Å². The van der Waals surface area contributed by atoms with Crippen LogP contribution in [0.25, 0.3) is 0 Å². The first kappa shape index (κ1) is 28.0. The Morgan fingerprint density at radius 2 is 1.74 bits per heavy atom. The van der Waals surface area contributed by atoms with Crippen molar-refractivity contribution in [2.45, 2.75) is 69.5 Å². The number of thioether (sulfide) groups is 1. The van der Waals surface area contributed by atoms with Gasteiger partial charge in [0, 0.05) is 30.1 Å².